The van der Waals surface area contributed by atoms with Crippen LogP contribution >= 0.6 is 23.1 Å². The number of nitrogens with one attached hydrogen (secondary N) is 2. The monoisotopic (exact) mass is 427 g/mol. The minimum atomic E-state index is -0.425. The third-order valence-corrected chi connectivity index (χ3v) is 6.46. The number of nitrogens with zero attached hydrogens (tertiary/aromatic N) is 3. The number of carbonyl (C=O) groups excluding carboxylic acids is 2. The second-order valence-corrected chi connectivity index (χ2v) is 8.64. The summed E-state index contributed by atoms with van der Waals surface area (Å²) in [6, 6.07) is 13.5. The molecular weight excluding hydrogens is 406 g/mol. The average molecular weight is 428 g/mol. The smallest absolute Gasteiger partial charge is 0.321 e. The first-order valence-electron chi connectivity index (χ1n) is 9.48. The summed E-state index contributed by atoms with van der Waals surface area (Å²) in [4.78, 5) is 25.2. The van der Waals surface area contributed by atoms with Crippen molar-refractivity contribution in [2.75, 3.05) is 5.75 Å². The molecule has 150 valence electrons. The predicted octanol–water partition coefficient (Wildman–Crippen LogP) is 3.86. The lowest BCUT2D eigenvalue weighted by molar-refractivity contribution is -0.117. The molecule has 3 aromatic rings. The van der Waals surface area contributed by atoms with Crippen LogP contribution in [0, 0.1) is 0 Å². The molecular formula is C20H21N5O2S2. The van der Waals surface area contributed by atoms with Crippen molar-refractivity contribution in [2.24, 2.45) is 0 Å². The fourth-order valence-corrected chi connectivity index (χ4v) is 4.77. The Kier molecular flexibility index (Phi) is 6.26. The zero-order valence-electron chi connectivity index (χ0n) is 15.7. The van der Waals surface area contributed by atoms with Crippen molar-refractivity contribution >= 4 is 35.0 Å². The number of imide groups is 1. The summed E-state index contributed by atoms with van der Waals surface area (Å²) in [7, 11) is 0. The molecule has 0 spiro atoms. The third kappa shape index (κ3) is 4.86. The SMILES string of the molecule is O=C(CSc1nnc(-c2cccs2)n1-c1ccccc1)NC(=O)NC1CCCC1. The topological polar surface area (TPSA) is 88.9 Å². The van der Waals surface area contributed by atoms with Crippen LogP contribution in [0.15, 0.2) is 53.0 Å². The van der Waals surface area contributed by atoms with E-state index >= 15 is 0 Å². The van der Waals surface area contributed by atoms with E-state index in [1.54, 1.807) is 11.3 Å². The number of rotatable bonds is 6. The molecule has 0 unspecified atom stereocenters. The van der Waals surface area contributed by atoms with Gasteiger partial charge in [0.15, 0.2) is 11.0 Å². The Labute approximate surface area is 176 Å². The van der Waals surface area contributed by atoms with Gasteiger partial charge in [-0.1, -0.05) is 48.9 Å². The molecule has 29 heavy (non-hydrogen) atoms. The highest BCUT2D eigenvalue weighted by Crippen LogP contribution is 2.30. The highest BCUT2D eigenvalue weighted by Gasteiger charge is 2.20. The van der Waals surface area contributed by atoms with E-state index in [-0.39, 0.29) is 17.7 Å². The van der Waals surface area contributed by atoms with Crippen molar-refractivity contribution in [2.45, 2.75) is 36.9 Å². The maximum Gasteiger partial charge on any atom is 0.321 e. The second kappa shape index (κ2) is 9.23. The molecule has 0 aliphatic heterocycles. The molecule has 1 aromatic carbocycles. The van der Waals surface area contributed by atoms with E-state index in [9.17, 15) is 9.59 Å². The molecule has 1 aliphatic rings. The summed E-state index contributed by atoms with van der Waals surface area (Å²) < 4.78 is 1.93. The van der Waals surface area contributed by atoms with Gasteiger partial charge in [0, 0.05) is 11.7 Å². The molecule has 4 rings (SSSR count). The van der Waals surface area contributed by atoms with Gasteiger partial charge in [0.2, 0.25) is 5.91 Å². The van der Waals surface area contributed by atoms with Gasteiger partial charge in [0.05, 0.1) is 10.6 Å². The quantitative estimate of drug-likeness (QED) is 0.583. The molecule has 1 aliphatic carbocycles. The second-order valence-electron chi connectivity index (χ2n) is 6.75. The average Bonchev–Trinajstić information content (AvgIpc) is 3.48. The number of thioether (sulfide) groups is 1. The first-order chi connectivity index (χ1) is 14.2. The molecule has 2 heterocycles. The van der Waals surface area contributed by atoms with Crippen LogP contribution in [0.2, 0.25) is 0 Å². The zero-order chi connectivity index (χ0) is 20.1. The van der Waals surface area contributed by atoms with Gasteiger partial charge < -0.3 is 5.32 Å². The van der Waals surface area contributed by atoms with Gasteiger partial charge in [-0.05, 0) is 36.4 Å². The molecule has 1 saturated carbocycles. The van der Waals surface area contributed by atoms with Crippen molar-refractivity contribution in [3.8, 4) is 16.4 Å². The molecule has 0 radical (unpaired) electrons. The van der Waals surface area contributed by atoms with E-state index in [4.69, 9.17) is 0 Å². The lowest BCUT2D eigenvalue weighted by Crippen LogP contribution is -2.44. The molecule has 0 bridgehead atoms. The number of carbonyl (C=O) groups is 2. The molecule has 3 amide bonds. The van der Waals surface area contributed by atoms with Crippen molar-refractivity contribution in [3.63, 3.8) is 0 Å². The van der Waals surface area contributed by atoms with E-state index in [1.807, 2.05) is 52.4 Å². The van der Waals surface area contributed by atoms with Crippen LogP contribution in [0.4, 0.5) is 4.79 Å². The number of thiophene rings is 1. The first kappa shape index (κ1) is 19.7. The van der Waals surface area contributed by atoms with Crippen LogP contribution in [-0.2, 0) is 4.79 Å². The van der Waals surface area contributed by atoms with Crippen molar-refractivity contribution in [1.82, 2.24) is 25.4 Å². The summed E-state index contributed by atoms with van der Waals surface area (Å²) in [5.41, 5.74) is 0.919. The van der Waals surface area contributed by atoms with Crippen LogP contribution in [0.5, 0.6) is 0 Å². The van der Waals surface area contributed by atoms with Gasteiger partial charge in [-0.3, -0.25) is 14.7 Å². The normalized spacial score (nSPS) is 14.1. The van der Waals surface area contributed by atoms with Crippen LogP contribution in [0.1, 0.15) is 25.7 Å². The fraction of sp³-hybridized carbons (Fsp3) is 0.300. The maximum absolute atomic E-state index is 12.2. The Bertz CT molecular complexity index is 966. The van der Waals surface area contributed by atoms with Crippen LogP contribution in [0.25, 0.3) is 16.4 Å². The van der Waals surface area contributed by atoms with Crippen molar-refractivity contribution in [1.29, 1.82) is 0 Å². The summed E-state index contributed by atoms with van der Waals surface area (Å²) in [6.45, 7) is 0. The van der Waals surface area contributed by atoms with E-state index in [0.29, 0.717) is 5.16 Å². The number of benzene rings is 1. The Hall–Kier alpha value is -2.65. The number of amides is 3. The highest BCUT2D eigenvalue weighted by molar-refractivity contribution is 7.99. The van der Waals surface area contributed by atoms with Gasteiger partial charge in [0.25, 0.3) is 0 Å². The van der Waals surface area contributed by atoms with Gasteiger partial charge in [-0.25, -0.2) is 4.79 Å². The zero-order valence-corrected chi connectivity index (χ0v) is 17.3. The molecule has 0 saturated heterocycles. The molecule has 2 aromatic heterocycles. The molecule has 7 nitrogen and oxygen atoms in total. The van der Waals surface area contributed by atoms with E-state index < -0.39 is 6.03 Å². The first-order valence-corrected chi connectivity index (χ1v) is 11.3. The van der Waals surface area contributed by atoms with Crippen LogP contribution in [0.3, 0.4) is 0 Å². The Morgan fingerprint density at radius 1 is 1.10 bits per heavy atom. The lowest BCUT2D eigenvalue weighted by Gasteiger charge is -2.12. The summed E-state index contributed by atoms with van der Waals surface area (Å²) in [5, 5.41) is 16.5. The number of hydrogen-bond acceptors (Lipinski definition) is 6. The van der Waals surface area contributed by atoms with Gasteiger partial charge in [-0.15, -0.1) is 21.5 Å². The fourth-order valence-electron chi connectivity index (χ4n) is 3.32. The predicted molar refractivity (Wildman–Crippen MR) is 114 cm³/mol. The van der Waals surface area contributed by atoms with Crippen LogP contribution in [-0.4, -0.2) is 38.5 Å². The summed E-state index contributed by atoms with van der Waals surface area (Å²) in [5.74, 6) is 0.451. The molecule has 0 atom stereocenters. The number of hydrogen-bond donors (Lipinski definition) is 2. The van der Waals surface area contributed by atoms with E-state index in [1.165, 1.54) is 11.8 Å². The minimum absolute atomic E-state index is 0.0769. The molecule has 2 N–H and O–H groups in total. The summed E-state index contributed by atoms with van der Waals surface area (Å²) in [6.07, 6.45) is 4.19. The maximum atomic E-state index is 12.2. The summed E-state index contributed by atoms with van der Waals surface area (Å²) >= 11 is 2.84. The van der Waals surface area contributed by atoms with Gasteiger partial charge >= 0.3 is 6.03 Å². The molecule has 9 heteroatoms. The Morgan fingerprint density at radius 2 is 1.90 bits per heavy atom. The standard InChI is InChI=1S/C20H21N5O2S2/c26-17(22-19(27)21-14-7-4-5-8-14)13-29-20-24-23-18(16-11-6-12-28-16)25(20)15-9-2-1-3-10-15/h1-3,6,9-12,14H,4-5,7-8,13H2,(H2,21,22,26,27). The minimum Gasteiger partial charge on any atom is -0.335 e. The third-order valence-electron chi connectivity index (χ3n) is 4.67. The van der Waals surface area contributed by atoms with Crippen LogP contribution < -0.4 is 10.6 Å². The Morgan fingerprint density at radius 3 is 2.62 bits per heavy atom. The number of para-hydroxylation sites is 1. The van der Waals surface area contributed by atoms with Crippen molar-refractivity contribution < 1.29 is 9.59 Å². The Balaban J connectivity index is 1.44. The largest absolute Gasteiger partial charge is 0.335 e. The lowest BCUT2D eigenvalue weighted by atomic mass is 10.2. The molecule has 1 fully saturated rings. The number of urea groups is 1. The highest BCUT2D eigenvalue weighted by atomic mass is 32.2. The van der Waals surface area contributed by atoms with E-state index in [2.05, 4.69) is 20.8 Å². The van der Waals surface area contributed by atoms with E-state index in [0.717, 1.165) is 42.1 Å². The van der Waals surface area contributed by atoms with Gasteiger partial charge in [-0.2, -0.15) is 0 Å². The van der Waals surface area contributed by atoms with Crippen molar-refractivity contribution in [3.05, 3.63) is 47.8 Å². The van der Waals surface area contributed by atoms with Gasteiger partial charge in [0.1, 0.15) is 0 Å². The number of aromatic nitrogens is 3.